The summed E-state index contributed by atoms with van der Waals surface area (Å²) in [5, 5.41) is 2.93. The summed E-state index contributed by atoms with van der Waals surface area (Å²) in [6.45, 7) is 9.14. The summed E-state index contributed by atoms with van der Waals surface area (Å²) >= 11 is 0. The first-order valence-corrected chi connectivity index (χ1v) is 6.01. The topological polar surface area (TPSA) is 32.3 Å². The predicted molar refractivity (Wildman–Crippen MR) is 64.9 cm³/mol. The molecular weight excluding hydrogens is 188 g/mol. The Bertz CT molecular complexity index is 169. The second-order valence-corrected chi connectivity index (χ2v) is 4.60. The zero-order chi connectivity index (χ0) is 11.7. The van der Waals surface area contributed by atoms with E-state index < -0.39 is 0 Å². The number of nitrogens with one attached hydrogen (secondary N) is 1. The van der Waals surface area contributed by atoms with Crippen LogP contribution in [0.1, 0.15) is 40.0 Å². The standard InChI is InChI=1S/C12H26N2O/c1-5-6-8-14(4)9-7-12(15)13-10-11(2)3/h11H,5-10H2,1-4H3,(H,13,15). The van der Waals surface area contributed by atoms with Crippen LogP contribution in [0.2, 0.25) is 0 Å². The lowest BCUT2D eigenvalue weighted by molar-refractivity contribution is -0.121. The highest BCUT2D eigenvalue weighted by Crippen LogP contribution is 1.94. The van der Waals surface area contributed by atoms with Crippen molar-refractivity contribution in [2.75, 3.05) is 26.7 Å². The lowest BCUT2D eigenvalue weighted by Crippen LogP contribution is -2.31. The average molecular weight is 214 g/mol. The second kappa shape index (κ2) is 8.72. The van der Waals surface area contributed by atoms with Gasteiger partial charge in [0, 0.05) is 19.5 Å². The second-order valence-electron chi connectivity index (χ2n) is 4.60. The third-order valence-electron chi connectivity index (χ3n) is 2.32. The number of amides is 1. The van der Waals surface area contributed by atoms with Crippen LogP contribution in [0.15, 0.2) is 0 Å². The van der Waals surface area contributed by atoms with Gasteiger partial charge in [-0.05, 0) is 25.9 Å². The lowest BCUT2D eigenvalue weighted by atomic mass is 10.2. The molecule has 0 saturated carbocycles. The van der Waals surface area contributed by atoms with Gasteiger partial charge in [0.25, 0.3) is 0 Å². The van der Waals surface area contributed by atoms with E-state index in [9.17, 15) is 4.79 Å². The Morgan fingerprint density at radius 2 is 2.00 bits per heavy atom. The first-order chi connectivity index (χ1) is 7.06. The summed E-state index contributed by atoms with van der Waals surface area (Å²) in [6.07, 6.45) is 3.04. The molecule has 90 valence electrons. The number of hydrogen-bond acceptors (Lipinski definition) is 2. The molecule has 0 aromatic carbocycles. The highest BCUT2D eigenvalue weighted by atomic mass is 16.1. The van der Waals surface area contributed by atoms with Gasteiger partial charge in [-0.3, -0.25) is 4.79 Å². The highest BCUT2D eigenvalue weighted by Gasteiger charge is 2.04. The van der Waals surface area contributed by atoms with E-state index in [4.69, 9.17) is 0 Å². The minimum absolute atomic E-state index is 0.173. The molecular formula is C12H26N2O. The van der Waals surface area contributed by atoms with E-state index in [1.165, 1.54) is 12.8 Å². The molecule has 1 amide bonds. The minimum Gasteiger partial charge on any atom is -0.356 e. The first kappa shape index (κ1) is 14.4. The normalized spacial score (nSPS) is 11.1. The molecule has 0 aliphatic rings. The summed E-state index contributed by atoms with van der Waals surface area (Å²) in [5.74, 6) is 0.707. The fraction of sp³-hybridized carbons (Fsp3) is 0.917. The molecule has 0 radical (unpaired) electrons. The van der Waals surface area contributed by atoms with Gasteiger partial charge in [0.1, 0.15) is 0 Å². The molecule has 0 heterocycles. The van der Waals surface area contributed by atoms with E-state index in [-0.39, 0.29) is 5.91 Å². The molecule has 0 bridgehead atoms. The average Bonchev–Trinajstić information content (AvgIpc) is 2.20. The summed E-state index contributed by atoms with van der Waals surface area (Å²) in [7, 11) is 2.07. The number of carbonyl (C=O) groups is 1. The van der Waals surface area contributed by atoms with Gasteiger partial charge < -0.3 is 10.2 Å². The van der Waals surface area contributed by atoms with Crippen LogP contribution in [0, 0.1) is 5.92 Å². The zero-order valence-electron chi connectivity index (χ0n) is 10.7. The van der Waals surface area contributed by atoms with E-state index in [0.717, 1.165) is 19.6 Å². The van der Waals surface area contributed by atoms with Crippen LogP contribution in [-0.4, -0.2) is 37.5 Å². The Balaban J connectivity index is 3.44. The van der Waals surface area contributed by atoms with Crippen LogP contribution in [0.3, 0.4) is 0 Å². The van der Waals surface area contributed by atoms with Crippen LogP contribution < -0.4 is 5.32 Å². The molecule has 3 nitrogen and oxygen atoms in total. The maximum atomic E-state index is 11.4. The molecule has 0 aliphatic carbocycles. The van der Waals surface area contributed by atoms with Crippen LogP contribution in [-0.2, 0) is 4.79 Å². The van der Waals surface area contributed by atoms with E-state index in [2.05, 4.69) is 38.0 Å². The van der Waals surface area contributed by atoms with E-state index in [1.54, 1.807) is 0 Å². The lowest BCUT2D eigenvalue weighted by Gasteiger charge is -2.15. The quantitative estimate of drug-likeness (QED) is 0.669. The predicted octanol–water partition coefficient (Wildman–Crippen LogP) is 1.88. The third-order valence-corrected chi connectivity index (χ3v) is 2.32. The number of carbonyl (C=O) groups excluding carboxylic acids is 1. The summed E-state index contributed by atoms with van der Waals surface area (Å²) in [5.41, 5.74) is 0. The Morgan fingerprint density at radius 3 is 2.53 bits per heavy atom. The summed E-state index contributed by atoms with van der Waals surface area (Å²) in [6, 6.07) is 0. The SMILES string of the molecule is CCCCN(C)CCC(=O)NCC(C)C. The molecule has 0 aromatic rings. The van der Waals surface area contributed by atoms with E-state index in [0.29, 0.717) is 12.3 Å². The van der Waals surface area contributed by atoms with Gasteiger partial charge in [-0.15, -0.1) is 0 Å². The number of nitrogens with zero attached hydrogens (tertiary/aromatic N) is 1. The Morgan fingerprint density at radius 1 is 1.33 bits per heavy atom. The highest BCUT2D eigenvalue weighted by molar-refractivity contribution is 5.76. The molecule has 0 fully saturated rings. The van der Waals surface area contributed by atoms with E-state index >= 15 is 0 Å². The van der Waals surface area contributed by atoms with Crippen LogP contribution in [0.25, 0.3) is 0 Å². The van der Waals surface area contributed by atoms with Crippen molar-refractivity contribution in [3.05, 3.63) is 0 Å². The van der Waals surface area contributed by atoms with Crippen molar-refractivity contribution >= 4 is 5.91 Å². The van der Waals surface area contributed by atoms with Gasteiger partial charge in [-0.1, -0.05) is 27.2 Å². The van der Waals surface area contributed by atoms with Gasteiger partial charge >= 0.3 is 0 Å². The molecule has 0 unspecified atom stereocenters. The van der Waals surface area contributed by atoms with Gasteiger partial charge in [-0.25, -0.2) is 0 Å². The minimum atomic E-state index is 0.173. The Hall–Kier alpha value is -0.570. The zero-order valence-corrected chi connectivity index (χ0v) is 10.7. The van der Waals surface area contributed by atoms with Crippen molar-refractivity contribution in [1.29, 1.82) is 0 Å². The molecule has 0 rings (SSSR count). The van der Waals surface area contributed by atoms with Crippen molar-refractivity contribution in [1.82, 2.24) is 10.2 Å². The largest absolute Gasteiger partial charge is 0.356 e. The number of hydrogen-bond donors (Lipinski definition) is 1. The fourth-order valence-corrected chi connectivity index (χ4v) is 1.24. The maximum Gasteiger partial charge on any atom is 0.221 e. The van der Waals surface area contributed by atoms with Crippen LogP contribution in [0.4, 0.5) is 0 Å². The van der Waals surface area contributed by atoms with Gasteiger partial charge in [-0.2, -0.15) is 0 Å². The molecule has 0 saturated heterocycles. The molecule has 0 aliphatic heterocycles. The smallest absolute Gasteiger partial charge is 0.221 e. The van der Waals surface area contributed by atoms with Crippen molar-refractivity contribution in [3.63, 3.8) is 0 Å². The first-order valence-electron chi connectivity index (χ1n) is 6.01. The number of rotatable bonds is 8. The van der Waals surface area contributed by atoms with Crippen LogP contribution >= 0.6 is 0 Å². The summed E-state index contributed by atoms with van der Waals surface area (Å²) < 4.78 is 0. The van der Waals surface area contributed by atoms with Crippen LogP contribution in [0.5, 0.6) is 0 Å². The third kappa shape index (κ3) is 9.73. The van der Waals surface area contributed by atoms with Crippen molar-refractivity contribution in [2.24, 2.45) is 5.92 Å². The number of unbranched alkanes of at least 4 members (excludes halogenated alkanes) is 1. The molecule has 0 atom stereocenters. The Kier molecular flexibility index (Phi) is 8.38. The molecule has 15 heavy (non-hydrogen) atoms. The summed E-state index contributed by atoms with van der Waals surface area (Å²) in [4.78, 5) is 13.6. The Labute approximate surface area is 94.2 Å². The fourth-order valence-electron chi connectivity index (χ4n) is 1.24. The van der Waals surface area contributed by atoms with Crippen molar-refractivity contribution in [2.45, 2.75) is 40.0 Å². The van der Waals surface area contributed by atoms with Gasteiger partial charge in [0.2, 0.25) is 5.91 Å². The van der Waals surface area contributed by atoms with Gasteiger partial charge in [0.15, 0.2) is 0 Å². The molecule has 3 heteroatoms. The maximum absolute atomic E-state index is 11.4. The molecule has 0 aromatic heterocycles. The van der Waals surface area contributed by atoms with Crippen molar-refractivity contribution in [3.8, 4) is 0 Å². The van der Waals surface area contributed by atoms with Crippen molar-refractivity contribution < 1.29 is 4.79 Å². The molecule has 0 spiro atoms. The van der Waals surface area contributed by atoms with Gasteiger partial charge in [0.05, 0.1) is 0 Å². The monoisotopic (exact) mass is 214 g/mol. The van der Waals surface area contributed by atoms with E-state index in [1.807, 2.05) is 0 Å². The molecule has 1 N–H and O–H groups in total.